The molecule has 0 aliphatic carbocycles. The Bertz CT molecular complexity index is 889. The van der Waals surface area contributed by atoms with Gasteiger partial charge in [-0.2, -0.15) is 9.41 Å². The van der Waals surface area contributed by atoms with Crippen molar-refractivity contribution < 1.29 is 13.2 Å². The molecule has 0 bridgehead atoms. The first-order valence-corrected chi connectivity index (χ1v) is 10.0. The Kier molecular flexibility index (Phi) is 7.51. The fraction of sp³-hybridized carbons (Fsp3) is 0.263. The van der Waals surface area contributed by atoms with Gasteiger partial charge in [0, 0.05) is 31.1 Å². The molecular formula is C19H24N4O3S. The summed E-state index contributed by atoms with van der Waals surface area (Å²) >= 11 is 0. The third kappa shape index (κ3) is 5.38. The number of hydrogen-bond donors (Lipinski definition) is 1. The largest absolute Gasteiger partial charge is 0.496 e. The Labute approximate surface area is 160 Å². The van der Waals surface area contributed by atoms with Crippen LogP contribution in [0.2, 0.25) is 0 Å². The fourth-order valence-corrected chi connectivity index (χ4v) is 3.81. The average Bonchev–Trinajstić information content (AvgIpc) is 2.69. The lowest BCUT2D eigenvalue weighted by atomic mass is 10.2. The van der Waals surface area contributed by atoms with Crippen molar-refractivity contribution in [1.82, 2.24) is 9.29 Å². The normalized spacial score (nSPS) is 12.1. The van der Waals surface area contributed by atoms with Crippen LogP contribution in [0.3, 0.4) is 0 Å². The zero-order valence-electron chi connectivity index (χ0n) is 15.7. The van der Waals surface area contributed by atoms with Gasteiger partial charge in [0.25, 0.3) is 0 Å². The number of nitrogens with zero attached hydrogens (tertiary/aromatic N) is 3. The van der Waals surface area contributed by atoms with Crippen molar-refractivity contribution in [3.8, 4) is 5.75 Å². The summed E-state index contributed by atoms with van der Waals surface area (Å²) in [4.78, 5) is 4.27. The molecule has 2 rings (SSSR count). The molecule has 2 aromatic rings. The third-order valence-corrected chi connectivity index (χ3v) is 5.87. The number of benzene rings is 1. The molecule has 8 heteroatoms. The molecular weight excluding hydrogens is 364 g/mol. The van der Waals surface area contributed by atoms with E-state index in [2.05, 4.69) is 15.5 Å². The second-order valence-corrected chi connectivity index (χ2v) is 7.40. The van der Waals surface area contributed by atoms with Gasteiger partial charge in [0.15, 0.2) is 0 Å². The Morgan fingerprint density at radius 2 is 1.93 bits per heavy atom. The van der Waals surface area contributed by atoms with Crippen LogP contribution < -0.4 is 10.2 Å². The van der Waals surface area contributed by atoms with E-state index in [1.54, 1.807) is 39.3 Å². The van der Waals surface area contributed by atoms with E-state index < -0.39 is 10.0 Å². The average molecular weight is 388 g/mol. The number of anilines is 1. The molecule has 0 radical (unpaired) electrons. The molecule has 27 heavy (non-hydrogen) atoms. The van der Waals surface area contributed by atoms with Gasteiger partial charge in [-0.15, -0.1) is 0 Å². The molecule has 144 valence electrons. The number of nitrogens with one attached hydrogen (secondary N) is 1. The number of allylic oxidation sites excluding steroid dienone is 1. The molecule has 0 saturated carbocycles. The Morgan fingerprint density at radius 1 is 1.19 bits per heavy atom. The number of ether oxygens (including phenoxy) is 1. The Hall–Kier alpha value is -2.71. The molecule has 0 spiro atoms. The molecule has 0 saturated heterocycles. The topological polar surface area (TPSA) is 83.9 Å². The number of rotatable bonds is 9. The summed E-state index contributed by atoms with van der Waals surface area (Å²) in [6.07, 6.45) is 6.55. The first kappa shape index (κ1) is 20.6. The van der Waals surface area contributed by atoms with Crippen LogP contribution in [-0.2, 0) is 10.0 Å². The highest BCUT2D eigenvalue weighted by Crippen LogP contribution is 2.18. The predicted octanol–water partition coefficient (Wildman–Crippen LogP) is 3.23. The van der Waals surface area contributed by atoms with Gasteiger partial charge in [-0.05, 0) is 30.4 Å². The van der Waals surface area contributed by atoms with Crippen LogP contribution in [0.25, 0.3) is 6.08 Å². The summed E-state index contributed by atoms with van der Waals surface area (Å²) in [5.74, 6) is 1.23. The molecule has 0 atom stereocenters. The van der Waals surface area contributed by atoms with Gasteiger partial charge in [-0.25, -0.2) is 13.4 Å². The van der Waals surface area contributed by atoms with Crippen molar-refractivity contribution in [1.29, 1.82) is 0 Å². The molecule has 1 aromatic carbocycles. The van der Waals surface area contributed by atoms with E-state index in [-0.39, 0.29) is 4.90 Å². The lowest BCUT2D eigenvalue weighted by Gasteiger charge is -2.18. The number of hydrogen-bond acceptors (Lipinski definition) is 6. The van der Waals surface area contributed by atoms with Crippen LogP contribution in [0.15, 0.2) is 58.7 Å². The monoisotopic (exact) mass is 388 g/mol. The molecule has 0 unspecified atom stereocenters. The minimum atomic E-state index is -3.50. The van der Waals surface area contributed by atoms with Gasteiger partial charge in [0.1, 0.15) is 16.5 Å². The molecule has 0 fully saturated rings. The van der Waals surface area contributed by atoms with Gasteiger partial charge in [-0.1, -0.05) is 32.0 Å². The van der Waals surface area contributed by atoms with Crippen LogP contribution in [-0.4, -0.2) is 44.1 Å². The lowest BCUT2D eigenvalue weighted by molar-refractivity contribution is 0.414. The Morgan fingerprint density at radius 3 is 2.56 bits per heavy atom. The maximum absolute atomic E-state index is 12.4. The number of aromatic nitrogens is 1. The number of methoxy groups -OCH3 is 1. The molecule has 1 aromatic heterocycles. The fourth-order valence-electron chi connectivity index (χ4n) is 2.41. The maximum atomic E-state index is 12.4. The lowest BCUT2D eigenvalue weighted by Crippen LogP contribution is -2.30. The van der Waals surface area contributed by atoms with Crippen molar-refractivity contribution in [2.75, 3.05) is 25.6 Å². The minimum absolute atomic E-state index is 0.164. The van der Waals surface area contributed by atoms with Gasteiger partial charge in [-0.3, -0.25) is 5.43 Å². The van der Waals surface area contributed by atoms with E-state index >= 15 is 0 Å². The zero-order chi connectivity index (χ0) is 19.7. The summed E-state index contributed by atoms with van der Waals surface area (Å²) in [6, 6.07) is 10.7. The van der Waals surface area contributed by atoms with E-state index in [9.17, 15) is 8.42 Å². The molecule has 0 aliphatic rings. The van der Waals surface area contributed by atoms with Crippen molar-refractivity contribution in [2.24, 2.45) is 5.10 Å². The van der Waals surface area contributed by atoms with E-state index in [1.165, 1.54) is 16.6 Å². The predicted molar refractivity (Wildman–Crippen MR) is 108 cm³/mol. The smallest absolute Gasteiger partial charge is 0.244 e. The third-order valence-electron chi connectivity index (χ3n) is 3.83. The van der Waals surface area contributed by atoms with Crippen LogP contribution >= 0.6 is 0 Å². The van der Waals surface area contributed by atoms with E-state index in [0.717, 1.165) is 11.3 Å². The van der Waals surface area contributed by atoms with E-state index in [0.29, 0.717) is 18.9 Å². The highest BCUT2D eigenvalue weighted by Gasteiger charge is 2.21. The molecule has 0 amide bonds. The molecule has 7 nitrogen and oxygen atoms in total. The van der Waals surface area contributed by atoms with Crippen molar-refractivity contribution in [2.45, 2.75) is 18.7 Å². The quantitative estimate of drug-likeness (QED) is 0.527. The number of hydrazone groups is 1. The van der Waals surface area contributed by atoms with Crippen LogP contribution in [0, 0.1) is 0 Å². The SMILES string of the molecule is CCN(CC)S(=O)(=O)c1ccc(N/N=C/C=C/c2ccccc2OC)nc1. The summed E-state index contributed by atoms with van der Waals surface area (Å²) in [7, 11) is -1.88. The van der Waals surface area contributed by atoms with Crippen LogP contribution in [0.1, 0.15) is 19.4 Å². The number of para-hydroxylation sites is 1. The van der Waals surface area contributed by atoms with Gasteiger partial charge < -0.3 is 4.74 Å². The summed E-state index contributed by atoms with van der Waals surface area (Å²) in [6.45, 7) is 4.44. The van der Waals surface area contributed by atoms with Crippen molar-refractivity contribution in [3.63, 3.8) is 0 Å². The highest BCUT2D eigenvalue weighted by molar-refractivity contribution is 7.89. The second-order valence-electron chi connectivity index (χ2n) is 5.46. The first-order valence-electron chi connectivity index (χ1n) is 8.57. The van der Waals surface area contributed by atoms with E-state index in [4.69, 9.17) is 4.74 Å². The van der Waals surface area contributed by atoms with Gasteiger partial charge >= 0.3 is 0 Å². The highest BCUT2D eigenvalue weighted by atomic mass is 32.2. The number of sulfonamides is 1. The standard InChI is InChI=1S/C19H24N4O3S/c1-4-23(5-2)27(24,25)17-12-13-19(20-15-17)22-21-14-8-10-16-9-6-7-11-18(16)26-3/h6-15H,4-5H2,1-3H3,(H,20,22)/b10-8+,21-14+. The zero-order valence-corrected chi connectivity index (χ0v) is 16.5. The van der Waals surface area contributed by atoms with Crippen LogP contribution in [0.4, 0.5) is 5.82 Å². The van der Waals surface area contributed by atoms with E-state index in [1.807, 2.05) is 30.3 Å². The van der Waals surface area contributed by atoms with Crippen molar-refractivity contribution in [3.05, 3.63) is 54.2 Å². The first-order chi connectivity index (χ1) is 13.0. The van der Waals surface area contributed by atoms with Gasteiger partial charge in [0.2, 0.25) is 10.0 Å². The summed E-state index contributed by atoms with van der Waals surface area (Å²) in [5, 5.41) is 4.05. The Balaban J connectivity index is 1.99. The molecule has 1 heterocycles. The summed E-state index contributed by atoms with van der Waals surface area (Å²) in [5.41, 5.74) is 3.70. The second kappa shape index (κ2) is 9.84. The summed E-state index contributed by atoms with van der Waals surface area (Å²) < 4.78 is 31.5. The molecule has 1 N–H and O–H groups in total. The molecule has 0 aliphatic heterocycles. The van der Waals surface area contributed by atoms with Crippen LogP contribution in [0.5, 0.6) is 5.75 Å². The maximum Gasteiger partial charge on any atom is 0.244 e. The van der Waals surface area contributed by atoms with Crippen molar-refractivity contribution >= 4 is 28.1 Å². The van der Waals surface area contributed by atoms with Gasteiger partial charge in [0.05, 0.1) is 7.11 Å². The number of pyridine rings is 1. The minimum Gasteiger partial charge on any atom is -0.496 e.